The molecule has 0 unspecified atom stereocenters. The van der Waals surface area contributed by atoms with Crippen LogP contribution in [0, 0.1) is 10.1 Å². The Kier molecular flexibility index (Phi) is 3.48. The van der Waals surface area contributed by atoms with Crippen LogP contribution in [0.25, 0.3) is 5.65 Å². The molecular formula is C13H11N5O5. The number of nitrogens with one attached hydrogen (secondary N) is 2. The summed E-state index contributed by atoms with van der Waals surface area (Å²) >= 11 is 0. The summed E-state index contributed by atoms with van der Waals surface area (Å²) in [5.74, 6) is -1.31. The zero-order valence-electron chi connectivity index (χ0n) is 11.7. The average molecular weight is 317 g/mol. The highest BCUT2D eigenvalue weighted by Crippen LogP contribution is 2.20. The van der Waals surface area contributed by atoms with Crippen molar-refractivity contribution in [1.82, 2.24) is 14.7 Å². The molecule has 23 heavy (non-hydrogen) atoms. The number of aromatic nitrogens is 2. The number of piperidine rings is 1. The Hall–Kier alpha value is -3.30. The second-order valence-electron chi connectivity index (χ2n) is 4.95. The van der Waals surface area contributed by atoms with Crippen LogP contribution in [0.1, 0.15) is 12.8 Å². The summed E-state index contributed by atoms with van der Waals surface area (Å²) in [6, 6.07) is 3.82. The molecule has 3 rings (SSSR count). The first kappa shape index (κ1) is 14.6. The van der Waals surface area contributed by atoms with Gasteiger partial charge in [0.25, 0.3) is 0 Å². The Labute approximate surface area is 128 Å². The third-order valence-corrected chi connectivity index (χ3v) is 3.44. The Morgan fingerprint density at radius 2 is 2.13 bits per heavy atom. The van der Waals surface area contributed by atoms with Crippen molar-refractivity contribution in [3.05, 3.63) is 44.9 Å². The molecule has 1 atom stereocenters. The van der Waals surface area contributed by atoms with Gasteiger partial charge in [0.05, 0.1) is 4.92 Å². The molecular weight excluding hydrogens is 306 g/mol. The van der Waals surface area contributed by atoms with Crippen LogP contribution in [-0.2, 0) is 9.59 Å². The standard InChI is InChI=1S/C13H11N5O5/c19-9-5-4-7(12(20)16-9)14-11-10(18(22)23)13(21)17-6-2-1-3-8(17)15-11/h1-3,6-7,14H,4-5H2,(H,16,19,20)/t7-/m1/s1. The van der Waals surface area contributed by atoms with Gasteiger partial charge in [0.2, 0.25) is 17.6 Å². The molecule has 0 spiro atoms. The largest absolute Gasteiger partial charge is 0.376 e. The maximum Gasteiger partial charge on any atom is 0.376 e. The van der Waals surface area contributed by atoms with Gasteiger partial charge in [-0.05, 0) is 18.6 Å². The van der Waals surface area contributed by atoms with E-state index in [2.05, 4.69) is 15.6 Å². The SMILES string of the molecule is O=C1CC[C@@H](Nc2nc3ccccn3c(=O)c2[N+](=O)[O-])C(=O)N1. The lowest BCUT2D eigenvalue weighted by molar-refractivity contribution is -0.385. The van der Waals surface area contributed by atoms with Gasteiger partial charge >= 0.3 is 11.2 Å². The molecule has 0 aliphatic carbocycles. The van der Waals surface area contributed by atoms with Gasteiger partial charge in [-0.15, -0.1) is 0 Å². The summed E-state index contributed by atoms with van der Waals surface area (Å²) in [5, 5.41) is 16.0. The van der Waals surface area contributed by atoms with Crippen molar-refractivity contribution in [2.24, 2.45) is 0 Å². The van der Waals surface area contributed by atoms with Gasteiger partial charge in [-0.1, -0.05) is 6.07 Å². The Balaban J connectivity index is 2.07. The second-order valence-corrected chi connectivity index (χ2v) is 4.95. The minimum Gasteiger partial charge on any atom is -0.352 e. The quantitative estimate of drug-likeness (QED) is 0.455. The van der Waals surface area contributed by atoms with E-state index in [0.717, 1.165) is 4.40 Å². The highest BCUT2D eigenvalue weighted by atomic mass is 16.6. The van der Waals surface area contributed by atoms with E-state index in [1.54, 1.807) is 12.1 Å². The Morgan fingerprint density at radius 3 is 2.83 bits per heavy atom. The third kappa shape index (κ3) is 2.61. The topological polar surface area (TPSA) is 136 Å². The van der Waals surface area contributed by atoms with E-state index in [9.17, 15) is 24.5 Å². The summed E-state index contributed by atoms with van der Waals surface area (Å²) in [7, 11) is 0. The first-order valence-corrected chi connectivity index (χ1v) is 6.73. The molecule has 1 fully saturated rings. The van der Waals surface area contributed by atoms with Gasteiger partial charge < -0.3 is 5.32 Å². The summed E-state index contributed by atoms with van der Waals surface area (Å²) in [6.45, 7) is 0. The number of nitro groups is 1. The highest BCUT2D eigenvalue weighted by Gasteiger charge is 2.31. The number of imide groups is 1. The monoisotopic (exact) mass is 317 g/mol. The molecule has 1 saturated heterocycles. The number of nitrogens with zero attached hydrogens (tertiary/aromatic N) is 3. The molecule has 0 radical (unpaired) electrons. The van der Waals surface area contributed by atoms with Crippen LogP contribution in [0.4, 0.5) is 11.5 Å². The van der Waals surface area contributed by atoms with E-state index in [1.807, 2.05) is 0 Å². The molecule has 2 N–H and O–H groups in total. The van der Waals surface area contributed by atoms with Crippen LogP contribution in [0.3, 0.4) is 0 Å². The molecule has 3 heterocycles. The maximum atomic E-state index is 12.3. The van der Waals surface area contributed by atoms with E-state index in [1.165, 1.54) is 12.3 Å². The molecule has 10 nitrogen and oxygen atoms in total. The number of carbonyl (C=O) groups excluding carboxylic acids is 2. The number of anilines is 1. The lowest BCUT2D eigenvalue weighted by atomic mass is 10.1. The summed E-state index contributed by atoms with van der Waals surface area (Å²) in [4.78, 5) is 49.6. The Bertz CT molecular complexity index is 890. The fraction of sp³-hybridized carbons (Fsp3) is 0.231. The zero-order valence-corrected chi connectivity index (χ0v) is 11.7. The molecule has 1 aliphatic heterocycles. The van der Waals surface area contributed by atoms with Crippen LogP contribution in [-0.4, -0.2) is 32.2 Å². The van der Waals surface area contributed by atoms with Gasteiger partial charge in [0, 0.05) is 12.6 Å². The van der Waals surface area contributed by atoms with Crippen LogP contribution in [0.15, 0.2) is 29.2 Å². The number of carbonyl (C=O) groups is 2. The molecule has 0 saturated carbocycles. The number of pyridine rings is 1. The predicted molar refractivity (Wildman–Crippen MR) is 77.9 cm³/mol. The minimum atomic E-state index is -0.871. The van der Waals surface area contributed by atoms with Crippen molar-refractivity contribution in [3.63, 3.8) is 0 Å². The lowest BCUT2D eigenvalue weighted by Gasteiger charge is -2.22. The van der Waals surface area contributed by atoms with E-state index in [-0.39, 0.29) is 24.3 Å². The lowest BCUT2D eigenvalue weighted by Crippen LogP contribution is -2.47. The molecule has 10 heteroatoms. The average Bonchev–Trinajstić information content (AvgIpc) is 2.50. The van der Waals surface area contributed by atoms with Gasteiger partial charge in [0.1, 0.15) is 11.7 Å². The zero-order chi connectivity index (χ0) is 16.6. The van der Waals surface area contributed by atoms with E-state index >= 15 is 0 Å². The number of fused-ring (bicyclic) bond motifs is 1. The van der Waals surface area contributed by atoms with Crippen molar-refractivity contribution in [1.29, 1.82) is 0 Å². The highest BCUT2D eigenvalue weighted by molar-refractivity contribution is 6.01. The molecule has 0 bridgehead atoms. The summed E-state index contributed by atoms with van der Waals surface area (Å²) in [5.41, 5.74) is -1.40. The fourth-order valence-corrected chi connectivity index (χ4v) is 2.34. The van der Waals surface area contributed by atoms with Crippen molar-refractivity contribution in [3.8, 4) is 0 Å². The molecule has 1 aliphatic rings. The van der Waals surface area contributed by atoms with Crippen LogP contribution in [0.2, 0.25) is 0 Å². The molecule has 0 aromatic carbocycles. The predicted octanol–water partition coefficient (Wildman–Crippen LogP) is -0.180. The van der Waals surface area contributed by atoms with Crippen LogP contribution < -0.4 is 16.2 Å². The number of hydrogen-bond donors (Lipinski definition) is 2. The number of hydrogen-bond acceptors (Lipinski definition) is 7. The van der Waals surface area contributed by atoms with Crippen molar-refractivity contribution >= 4 is 29.0 Å². The van der Waals surface area contributed by atoms with E-state index in [4.69, 9.17) is 0 Å². The normalized spacial score (nSPS) is 17.8. The molecule has 2 amide bonds. The van der Waals surface area contributed by atoms with Gasteiger partial charge in [-0.3, -0.25) is 34.2 Å². The van der Waals surface area contributed by atoms with E-state index in [0.29, 0.717) is 0 Å². The molecule has 2 aromatic heterocycles. The third-order valence-electron chi connectivity index (χ3n) is 3.44. The second kappa shape index (κ2) is 5.48. The smallest absolute Gasteiger partial charge is 0.352 e. The summed E-state index contributed by atoms with van der Waals surface area (Å²) < 4.78 is 1.05. The molecule has 118 valence electrons. The number of rotatable bonds is 3. The van der Waals surface area contributed by atoms with Crippen molar-refractivity contribution < 1.29 is 14.5 Å². The number of amides is 2. The van der Waals surface area contributed by atoms with Crippen LogP contribution in [0.5, 0.6) is 0 Å². The van der Waals surface area contributed by atoms with Crippen molar-refractivity contribution in [2.75, 3.05) is 5.32 Å². The van der Waals surface area contributed by atoms with Gasteiger partial charge in [-0.25, -0.2) is 4.98 Å². The fourth-order valence-electron chi connectivity index (χ4n) is 2.34. The first-order chi connectivity index (χ1) is 11.0. The Morgan fingerprint density at radius 1 is 1.35 bits per heavy atom. The van der Waals surface area contributed by atoms with Gasteiger partial charge in [0.15, 0.2) is 0 Å². The van der Waals surface area contributed by atoms with Crippen molar-refractivity contribution in [2.45, 2.75) is 18.9 Å². The van der Waals surface area contributed by atoms with Gasteiger partial charge in [-0.2, -0.15) is 0 Å². The van der Waals surface area contributed by atoms with E-state index < -0.39 is 34.0 Å². The summed E-state index contributed by atoms with van der Waals surface area (Å²) in [6.07, 6.45) is 1.63. The minimum absolute atomic E-state index is 0.101. The first-order valence-electron chi connectivity index (χ1n) is 6.73. The van der Waals surface area contributed by atoms with Crippen LogP contribution >= 0.6 is 0 Å². The molecule has 2 aromatic rings. The maximum absolute atomic E-state index is 12.3.